The summed E-state index contributed by atoms with van der Waals surface area (Å²) in [6, 6.07) is 14.0. The van der Waals surface area contributed by atoms with E-state index < -0.39 is 5.97 Å². The highest BCUT2D eigenvalue weighted by molar-refractivity contribution is 5.95. The highest BCUT2D eigenvalue weighted by atomic mass is 16.5. The fourth-order valence-corrected chi connectivity index (χ4v) is 3.76. The Labute approximate surface area is 159 Å². The van der Waals surface area contributed by atoms with Crippen LogP contribution in [0.1, 0.15) is 45.8 Å². The van der Waals surface area contributed by atoms with Gasteiger partial charge in [0, 0.05) is 18.7 Å². The molecule has 0 saturated carbocycles. The molecular formula is C22H25NO4. The van der Waals surface area contributed by atoms with Gasteiger partial charge in [-0.2, -0.15) is 0 Å². The zero-order valence-electron chi connectivity index (χ0n) is 15.8. The topological polar surface area (TPSA) is 66.8 Å². The molecule has 0 radical (unpaired) electrons. The van der Waals surface area contributed by atoms with Crippen molar-refractivity contribution >= 4 is 11.9 Å². The van der Waals surface area contributed by atoms with Crippen LogP contribution in [0.5, 0.6) is 5.75 Å². The van der Waals surface area contributed by atoms with E-state index in [9.17, 15) is 9.59 Å². The van der Waals surface area contributed by atoms with Crippen LogP contribution in [0.2, 0.25) is 0 Å². The lowest BCUT2D eigenvalue weighted by Crippen LogP contribution is -2.38. The predicted octanol–water partition coefficient (Wildman–Crippen LogP) is 3.79. The van der Waals surface area contributed by atoms with E-state index in [1.54, 1.807) is 12.1 Å². The zero-order valence-corrected chi connectivity index (χ0v) is 15.8. The number of carboxylic acid groups (broad SMARTS) is 1. The molecule has 0 aromatic heterocycles. The molecular weight excluding hydrogens is 342 g/mol. The number of ether oxygens (including phenoxy) is 1. The van der Waals surface area contributed by atoms with Gasteiger partial charge < -0.3 is 14.7 Å². The first-order valence-electron chi connectivity index (χ1n) is 9.25. The molecule has 0 unspecified atom stereocenters. The number of aliphatic carboxylic acids is 1. The number of aryl methyl sites for hydroxylation is 2. The van der Waals surface area contributed by atoms with E-state index in [0.717, 1.165) is 37.1 Å². The van der Waals surface area contributed by atoms with Gasteiger partial charge in [-0.25, -0.2) is 4.79 Å². The number of piperidine rings is 1. The Kier molecular flexibility index (Phi) is 5.79. The van der Waals surface area contributed by atoms with Crippen molar-refractivity contribution in [2.75, 3.05) is 19.7 Å². The SMILES string of the molecule is Cc1cc(C(=O)N2CCC(c3ccccc3)CC2)cc(C)c1OCC(=O)O. The van der Waals surface area contributed by atoms with E-state index in [0.29, 0.717) is 17.2 Å². The summed E-state index contributed by atoms with van der Waals surface area (Å²) in [6.45, 7) is 4.77. The fourth-order valence-electron chi connectivity index (χ4n) is 3.76. The fraction of sp³-hybridized carbons (Fsp3) is 0.364. The lowest BCUT2D eigenvalue weighted by atomic mass is 9.89. The van der Waals surface area contributed by atoms with Crippen molar-refractivity contribution in [2.45, 2.75) is 32.6 Å². The molecule has 0 spiro atoms. The van der Waals surface area contributed by atoms with Crippen molar-refractivity contribution in [1.82, 2.24) is 4.90 Å². The number of nitrogens with zero attached hydrogens (tertiary/aromatic N) is 1. The highest BCUT2D eigenvalue weighted by Crippen LogP contribution is 2.30. The summed E-state index contributed by atoms with van der Waals surface area (Å²) < 4.78 is 5.35. The first-order chi connectivity index (χ1) is 13.0. The number of carbonyl (C=O) groups is 2. The van der Waals surface area contributed by atoms with Gasteiger partial charge >= 0.3 is 5.97 Å². The molecule has 142 valence electrons. The zero-order chi connectivity index (χ0) is 19.4. The van der Waals surface area contributed by atoms with Gasteiger partial charge in [0.15, 0.2) is 6.61 Å². The summed E-state index contributed by atoms with van der Waals surface area (Å²) in [4.78, 5) is 25.5. The Balaban J connectivity index is 1.67. The number of hydrogen-bond donors (Lipinski definition) is 1. The molecule has 3 rings (SSSR count). The maximum Gasteiger partial charge on any atom is 0.341 e. The summed E-state index contributed by atoms with van der Waals surface area (Å²) >= 11 is 0. The highest BCUT2D eigenvalue weighted by Gasteiger charge is 2.25. The number of rotatable bonds is 5. The van der Waals surface area contributed by atoms with Crippen LogP contribution < -0.4 is 4.74 Å². The van der Waals surface area contributed by atoms with Crippen LogP contribution in [0.15, 0.2) is 42.5 Å². The quantitative estimate of drug-likeness (QED) is 0.873. The van der Waals surface area contributed by atoms with E-state index in [2.05, 4.69) is 24.3 Å². The van der Waals surface area contributed by atoms with E-state index in [4.69, 9.17) is 9.84 Å². The van der Waals surface area contributed by atoms with E-state index >= 15 is 0 Å². The van der Waals surface area contributed by atoms with Crippen molar-refractivity contribution in [3.8, 4) is 5.75 Å². The molecule has 1 aliphatic heterocycles. The third-order valence-electron chi connectivity index (χ3n) is 5.10. The van der Waals surface area contributed by atoms with Gasteiger partial charge in [-0.1, -0.05) is 30.3 Å². The number of carbonyl (C=O) groups excluding carboxylic acids is 1. The van der Waals surface area contributed by atoms with Crippen LogP contribution >= 0.6 is 0 Å². The van der Waals surface area contributed by atoms with Gasteiger partial charge in [-0.05, 0) is 61.4 Å². The maximum atomic E-state index is 12.9. The lowest BCUT2D eigenvalue weighted by molar-refractivity contribution is -0.139. The average Bonchev–Trinajstić information content (AvgIpc) is 2.67. The molecule has 27 heavy (non-hydrogen) atoms. The second kappa shape index (κ2) is 8.25. The molecule has 5 nitrogen and oxygen atoms in total. The summed E-state index contributed by atoms with van der Waals surface area (Å²) in [5.74, 6) is 0.0509. The van der Waals surface area contributed by atoms with Crippen LogP contribution in [0.25, 0.3) is 0 Å². The van der Waals surface area contributed by atoms with Crippen LogP contribution in [-0.2, 0) is 4.79 Å². The van der Waals surface area contributed by atoms with Crippen molar-refractivity contribution in [3.63, 3.8) is 0 Å². The summed E-state index contributed by atoms with van der Waals surface area (Å²) in [6.07, 6.45) is 1.93. The number of carboxylic acids is 1. The molecule has 1 saturated heterocycles. The lowest BCUT2D eigenvalue weighted by Gasteiger charge is -2.32. The number of amides is 1. The molecule has 1 amide bonds. The second-order valence-corrected chi connectivity index (χ2v) is 7.10. The van der Waals surface area contributed by atoms with Crippen LogP contribution in [-0.4, -0.2) is 41.6 Å². The van der Waals surface area contributed by atoms with E-state index in [1.807, 2.05) is 24.8 Å². The van der Waals surface area contributed by atoms with Gasteiger partial charge in [-0.3, -0.25) is 4.79 Å². The molecule has 0 bridgehead atoms. The van der Waals surface area contributed by atoms with E-state index in [1.165, 1.54) is 5.56 Å². The Morgan fingerprint density at radius 1 is 1.07 bits per heavy atom. The second-order valence-electron chi connectivity index (χ2n) is 7.10. The number of likely N-dealkylation sites (tertiary alicyclic amines) is 1. The number of hydrogen-bond acceptors (Lipinski definition) is 3. The Morgan fingerprint density at radius 2 is 1.67 bits per heavy atom. The molecule has 0 atom stereocenters. The molecule has 1 fully saturated rings. The Hall–Kier alpha value is -2.82. The van der Waals surface area contributed by atoms with Crippen LogP contribution in [0, 0.1) is 13.8 Å². The minimum Gasteiger partial charge on any atom is -0.481 e. The Morgan fingerprint density at radius 3 is 2.22 bits per heavy atom. The Bertz CT molecular complexity index is 800. The van der Waals surface area contributed by atoms with Crippen LogP contribution in [0.3, 0.4) is 0 Å². The van der Waals surface area contributed by atoms with Crippen LogP contribution in [0.4, 0.5) is 0 Å². The van der Waals surface area contributed by atoms with Gasteiger partial charge in [0.25, 0.3) is 5.91 Å². The van der Waals surface area contributed by atoms with Crippen molar-refractivity contribution < 1.29 is 19.4 Å². The first-order valence-corrected chi connectivity index (χ1v) is 9.25. The minimum atomic E-state index is -1.02. The molecule has 2 aromatic rings. The normalized spacial score (nSPS) is 14.8. The number of benzene rings is 2. The molecule has 5 heteroatoms. The molecule has 1 heterocycles. The van der Waals surface area contributed by atoms with Crippen molar-refractivity contribution in [1.29, 1.82) is 0 Å². The predicted molar refractivity (Wildman–Crippen MR) is 103 cm³/mol. The van der Waals surface area contributed by atoms with Gasteiger partial charge in [0.2, 0.25) is 0 Å². The minimum absolute atomic E-state index is 0.0255. The third-order valence-corrected chi connectivity index (χ3v) is 5.10. The largest absolute Gasteiger partial charge is 0.481 e. The molecule has 0 aliphatic carbocycles. The smallest absolute Gasteiger partial charge is 0.341 e. The first kappa shape index (κ1) is 19.0. The maximum absolute atomic E-state index is 12.9. The van der Waals surface area contributed by atoms with Gasteiger partial charge in [0.05, 0.1) is 0 Å². The summed E-state index contributed by atoms with van der Waals surface area (Å²) in [7, 11) is 0. The summed E-state index contributed by atoms with van der Waals surface area (Å²) in [5, 5.41) is 8.79. The third kappa shape index (κ3) is 4.48. The van der Waals surface area contributed by atoms with Gasteiger partial charge in [0.1, 0.15) is 5.75 Å². The summed E-state index contributed by atoms with van der Waals surface area (Å²) in [5.41, 5.74) is 3.53. The standard InChI is InChI=1S/C22H25NO4/c1-15-12-19(13-16(2)21(15)27-14-20(24)25)22(26)23-10-8-18(9-11-23)17-6-4-3-5-7-17/h3-7,12-13,18H,8-11,14H2,1-2H3,(H,24,25). The molecule has 2 aromatic carbocycles. The van der Waals surface area contributed by atoms with Crippen molar-refractivity contribution in [3.05, 3.63) is 64.7 Å². The molecule has 1 aliphatic rings. The van der Waals surface area contributed by atoms with Gasteiger partial charge in [-0.15, -0.1) is 0 Å². The monoisotopic (exact) mass is 367 g/mol. The average molecular weight is 367 g/mol. The van der Waals surface area contributed by atoms with Crippen molar-refractivity contribution in [2.24, 2.45) is 0 Å². The molecule has 1 N–H and O–H groups in total. The van der Waals surface area contributed by atoms with E-state index in [-0.39, 0.29) is 12.5 Å².